The highest BCUT2D eigenvalue weighted by Crippen LogP contribution is 2.28. The Bertz CT molecular complexity index is 72.5. The summed E-state index contributed by atoms with van der Waals surface area (Å²) in [5, 5.41) is 0. The van der Waals surface area contributed by atoms with Gasteiger partial charge in [-0.15, -0.1) is 0 Å². The monoisotopic (exact) mass is 96.1 g/mol. The third kappa shape index (κ3) is 0.971. The Labute approximate surface area is 45.9 Å². The van der Waals surface area contributed by atoms with E-state index in [1.54, 1.807) is 0 Å². The first kappa shape index (κ1) is 5.17. The standard InChI is InChI=1S/C5H11BN/c1-4-5(6-4)7(2)3/h4-5H,1-3H3. The maximum atomic E-state index is 2.33. The first-order valence-corrected chi connectivity index (χ1v) is 2.73. The van der Waals surface area contributed by atoms with Crippen LogP contribution in [-0.2, 0) is 0 Å². The van der Waals surface area contributed by atoms with Crippen molar-refractivity contribution in [2.24, 2.45) is 0 Å². The van der Waals surface area contributed by atoms with Crippen molar-refractivity contribution in [3.63, 3.8) is 0 Å². The van der Waals surface area contributed by atoms with Crippen LogP contribution in [0.3, 0.4) is 0 Å². The zero-order valence-electron chi connectivity index (χ0n) is 5.18. The molecule has 0 aromatic carbocycles. The number of nitrogens with zero attached hydrogens (tertiary/aromatic N) is 1. The molecule has 1 nitrogen and oxygen atoms in total. The molecule has 0 bridgehead atoms. The van der Waals surface area contributed by atoms with Gasteiger partial charge in [-0.05, 0) is 20.0 Å². The van der Waals surface area contributed by atoms with Crippen molar-refractivity contribution in [3.05, 3.63) is 0 Å². The summed E-state index contributed by atoms with van der Waals surface area (Å²) >= 11 is 0. The lowest BCUT2D eigenvalue weighted by atomic mass is 10.0. The molecule has 0 spiro atoms. The molecule has 0 aromatic heterocycles. The molecule has 0 aliphatic carbocycles. The molecular formula is C5H11BN. The molecule has 39 valence electrons. The van der Waals surface area contributed by atoms with Crippen LogP contribution in [0.25, 0.3) is 0 Å². The van der Waals surface area contributed by atoms with Crippen LogP contribution in [0.5, 0.6) is 0 Å². The van der Waals surface area contributed by atoms with E-state index in [9.17, 15) is 0 Å². The van der Waals surface area contributed by atoms with E-state index in [1.807, 2.05) is 0 Å². The summed E-state index contributed by atoms with van der Waals surface area (Å²) in [6.07, 6.45) is 0. The average molecular weight is 96.0 g/mol. The van der Waals surface area contributed by atoms with Crippen LogP contribution >= 0.6 is 0 Å². The second-order valence-electron chi connectivity index (χ2n) is 2.51. The number of hydrogen-bond acceptors (Lipinski definition) is 1. The van der Waals surface area contributed by atoms with Gasteiger partial charge in [-0.25, -0.2) is 0 Å². The molecule has 0 N–H and O–H groups in total. The van der Waals surface area contributed by atoms with Gasteiger partial charge in [0.05, 0.1) is 0 Å². The Balaban J connectivity index is 2.20. The molecule has 0 saturated carbocycles. The molecule has 0 aromatic rings. The molecule has 2 heteroatoms. The van der Waals surface area contributed by atoms with Crippen molar-refractivity contribution in [3.8, 4) is 0 Å². The molecule has 1 aliphatic rings. The highest BCUT2D eigenvalue weighted by atomic mass is 15.1. The lowest BCUT2D eigenvalue weighted by Crippen LogP contribution is -2.15. The first-order chi connectivity index (χ1) is 3.22. The van der Waals surface area contributed by atoms with E-state index >= 15 is 0 Å². The summed E-state index contributed by atoms with van der Waals surface area (Å²) < 4.78 is 0. The normalized spacial score (nSPS) is 38.3. The highest BCUT2D eigenvalue weighted by molar-refractivity contribution is 6.53. The number of hydrogen-bond donors (Lipinski definition) is 0. The highest BCUT2D eigenvalue weighted by Gasteiger charge is 2.35. The van der Waals surface area contributed by atoms with E-state index in [4.69, 9.17) is 0 Å². The Morgan fingerprint density at radius 2 is 1.86 bits per heavy atom. The molecule has 2 atom stereocenters. The SMILES string of the molecule is CC1[B]C1N(C)C. The van der Waals surface area contributed by atoms with Crippen molar-refractivity contribution < 1.29 is 0 Å². The third-order valence-electron chi connectivity index (χ3n) is 1.49. The molecule has 1 fully saturated rings. The van der Waals surface area contributed by atoms with Crippen LogP contribution in [-0.4, -0.2) is 32.2 Å². The van der Waals surface area contributed by atoms with Crippen molar-refractivity contribution in [2.75, 3.05) is 14.1 Å². The first-order valence-electron chi connectivity index (χ1n) is 2.73. The Kier molecular flexibility index (Phi) is 1.12. The zero-order valence-corrected chi connectivity index (χ0v) is 5.18. The molecule has 0 amide bonds. The van der Waals surface area contributed by atoms with Crippen LogP contribution in [0, 0.1) is 0 Å². The minimum Gasteiger partial charge on any atom is -0.315 e. The van der Waals surface area contributed by atoms with Crippen molar-refractivity contribution in [2.45, 2.75) is 18.7 Å². The van der Waals surface area contributed by atoms with Gasteiger partial charge in [0.2, 0.25) is 0 Å². The van der Waals surface area contributed by atoms with Crippen LogP contribution in [0.4, 0.5) is 0 Å². The second-order valence-corrected chi connectivity index (χ2v) is 2.51. The molecule has 1 radical (unpaired) electrons. The summed E-state index contributed by atoms with van der Waals surface area (Å²) in [5.41, 5.74) is 0. The summed E-state index contributed by atoms with van der Waals surface area (Å²) in [5.74, 6) is 1.62. The van der Waals surface area contributed by atoms with Gasteiger partial charge in [0.25, 0.3) is 0 Å². The molecule has 1 rings (SSSR count). The van der Waals surface area contributed by atoms with Crippen molar-refractivity contribution in [1.82, 2.24) is 4.90 Å². The quantitative estimate of drug-likeness (QED) is 0.427. The van der Waals surface area contributed by atoms with E-state index in [0.717, 1.165) is 11.8 Å². The van der Waals surface area contributed by atoms with Crippen molar-refractivity contribution in [1.29, 1.82) is 0 Å². The van der Waals surface area contributed by atoms with Crippen LogP contribution in [0.1, 0.15) is 6.92 Å². The zero-order chi connectivity index (χ0) is 5.44. The van der Waals surface area contributed by atoms with Gasteiger partial charge in [-0.2, -0.15) is 0 Å². The average Bonchev–Trinajstić information content (AvgIpc) is 2.17. The molecule has 1 heterocycles. The van der Waals surface area contributed by atoms with E-state index < -0.39 is 0 Å². The summed E-state index contributed by atoms with van der Waals surface area (Å²) in [6.45, 7) is 2.24. The molecular weight excluding hydrogens is 84.9 g/mol. The Morgan fingerprint density at radius 1 is 1.43 bits per heavy atom. The van der Waals surface area contributed by atoms with E-state index in [2.05, 4.69) is 33.2 Å². The van der Waals surface area contributed by atoms with Gasteiger partial charge in [-0.3, -0.25) is 0 Å². The maximum absolute atomic E-state index is 2.33. The third-order valence-corrected chi connectivity index (χ3v) is 1.49. The second kappa shape index (κ2) is 1.51. The van der Waals surface area contributed by atoms with Crippen LogP contribution in [0.2, 0.25) is 5.82 Å². The smallest absolute Gasteiger partial charge is 0.137 e. The summed E-state index contributed by atoms with van der Waals surface area (Å²) in [6, 6.07) is 0. The van der Waals surface area contributed by atoms with Gasteiger partial charge < -0.3 is 4.90 Å². The van der Waals surface area contributed by atoms with E-state index in [1.165, 1.54) is 0 Å². The minimum absolute atomic E-state index is 0.778. The van der Waals surface area contributed by atoms with Crippen LogP contribution in [0.15, 0.2) is 0 Å². The van der Waals surface area contributed by atoms with Gasteiger partial charge in [0, 0.05) is 0 Å². The lowest BCUT2D eigenvalue weighted by Gasteiger charge is -2.06. The molecule has 2 unspecified atom stereocenters. The lowest BCUT2D eigenvalue weighted by molar-refractivity contribution is 0.409. The van der Waals surface area contributed by atoms with E-state index in [-0.39, 0.29) is 0 Å². The predicted molar refractivity (Wildman–Crippen MR) is 32.7 cm³/mol. The topological polar surface area (TPSA) is 3.24 Å². The van der Waals surface area contributed by atoms with Gasteiger partial charge in [0.15, 0.2) is 0 Å². The Hall–Kier alpha value is 0.0249. The fraction of sp³-hybridized carbons (Fsp3) is 1.00. The van der Waals surface area contributed by atoms with Crippen LogP contribution < -0.4 is 0 Å². The summed E-state index contributed by atoms with van der Waals surface area (Å²) in [7, 11) is 6.56. The van der Waals surface area contributed by atoms with E-state index in [0.29, 0.717) is 0 Å². The maximum Gasteiger partial charge on any atom is 0.137 e. The summed E-state index contributed by atoms with van der Waals surface area (Å²) in [4.78, 5) is 2.24. The minimum atomic E-state index is 0.778. The molecule has 1 saturated heterocycles. The Morgan fingerprint density at radius 3 is 1.86 bits per heavy atom. The number of rotatable bonds is 1. The molecule has 7 heavy (non-hydrogen) atoms. The van der Waals surface area contributed by atoms with Gasteiger partial charge in [0.1, 0.15) is 7.28 Å². The largest absolute Gasteiger partial charge is 0.315 e. The predicted octanol–water partition coefficient (Wildman–Crippen LogP) is 0.400. The van der Waals surface area contributed by atoms with Crippen molar-refractivity contribution >= 4 is 7.28 Å². The van der Waals surface area contributed by atoms with Gasteiger partial charge in [-0.1, -0.05) is 12.7 Å². The molecule has 1 aliphatic heterocycles. The fourth-order valence-corrected chi connectivity index (χ4v) is 0.889. The van der Waals surface area contributed by atoms with Gasteiger partial charge >= 0.3 is 0 Å². The fourth-order valence-electron chi connectivity index (χ4n) is 0.889.